The Bertz CT molecular complexity index is 978. The van der Waals surface area contributed by atoms with Gasteiger partial charge in [0.05, 0.1) is 13.2 Å². The van der Waals surface area contributed by atoms with Crippen molar-refractivity contribution in [3.63, 3.8) is 0 Å². The average molecular weight is 452 g/mol. The Balaban J connectivity index is 1.12. The van der Waals surface area contributed by atoms with E-state index in [-0.39, 0.29) is 17.9 Å². The van der Waals surface area contributed by atoms with Crippen LogP contribution in [0.3, 0.4) is 0 Å². The Kier molecular flexibility index (Phi) is 5.22. The largest absolute Gasteiger partial charge is 0.489 e. The van der Waals surface area contributed by atoms with Crippen LogP contribution in [0.1, 0.15) is 60.9 Å². The number of benzene rings is 1. The number of nitrogens with zero attached hydrogens (tertiary/aromatic N) is 2. The summed E-state index contributed by atoms with van der Waals surface area (Å²) in [5.41, 5.74) is 2.82. The van der Waals surface area contributed by atoms with E-state index >= 15 is 0 Å². The highest BCUT2D eigenvalue weighted by Gasteiger charge is 2.44. The number of allylic oxidation sites excluding steroid dienone is 1. The molecular formula is C26H33N3O4. The second-order valence-electron chi connectivity index (χ2n) is 10.6. The number of rotatable bonds is 4. The number of amides is 2. The molecule has 1 unspecified atom stereocenters. The highest BCUT2D eigenvalue weighted by atomic mass is 16.5. The lowest BCUT2D eigenvalue weighted by Crippen LogP contribution is -2.54. The van der Waals surface area contributed by atoms with E-state index < -0.39 is 6.04 Å². The monoisotopic (exact) mass is 451 g/mol. The normalized spacial score (nSPS) is 31.5. The van der Waals surface area contributed by atoms with Crippen LogP contribution in [0.25, 0.3) is 0 Å². The van der Waals surface area contributed by atoms with E-state index in [2.05, 4.69) is 16.8 Å². The first-order chi connectivity index (χ1) is 16.0. The van der Waals surface area contributed by atoms with E-state index in [1.807, 2.05) is 18.2 Å². The number of piperidine rings is 2. The van der Waals surface area contributed by atoms with Gasteiger partial charge in [-0.05, 0) is 81.8 Å². The number of carbonyl (C=O) groups excluding carboxylic acids is 2. The molecule has 0 radical (unpaired) electrons. The standard InChI is InChI=1S/C26H33N3O4/c1-17-5-8-22(24(30)27-17)29-14-18-13-19(6-7-20(18)25(29)31)33-23-4-2-3-21(23)28-11-9-26(10-12-28)15-32-16-26/h6-7,13,21-23H,1-5,8-12,14-16H2,(H,27,30)/t21-,22?,23+/m0/s1. The van der Waals surface area contributed by atoms with E-state index in [1.165, 1.54) is 25.7 Å². The summed E-state index contributed by atoms with van der Waals surface area (Å²) in [6.45, 7) is 8.45. The van der Waals surface area contributed by atoms with Crippen molar-refractivity contribution in [2.75, 3.05) is 26.3 Å². The van der Waals surface area contributed by atoms with Crippen LogP contribution in [0.4, 0.5) is 0 Å². The fourth-order valence-electron chi connectivity index (χ4n) is 6.35. The van der Waals surface area contributed by atoms with Gasteiger partial charge in [-0.2, -0.15) is 0 Å². The molecule has 4 heterocycles. The molecule has 4 fully saturated rings. The van der Waals surface area contributed by atoms with E-state index in [0.717, 1.165) is 49.7 Å². The molecule has 4 aliphatic heterocycles. The van der Waals surface area contributed by atoms with Crippen LogP contribution in [-0.2, 0) is 16.1 Å². The summed E-state index contributed by atoms with van der Waals surface area (Å²) < 4.78 is 12.0. The number of nitrogens with one attached hydrogen (secondary N) is 1. The van der Waals surface area contributed by atoms with Gasteiger partial charge in [0.25, 0.3) is 5.91 Å². The van der Waals surface area contributed by atoms with E-state index in [0.29, 0.717) is 36.4 Å². The Morgan fingerprint density at radius 3 is 2.67 bits per heavy atom. The van der Waals surface area contributed by atoms with E-state index in [1.54, 1.807) is 4.90 Å². The molecule has 1 aromatic rings. The fourth-order valence-corrected chi connectivity index (χ4v) is 6.35. The van der Waals surface area contributed by atoms with Gasteiger partial charge in [0.1, 0.15) is 17.9 Å². The summed E-state index contributed by atoms with van der Waals surface area (Å²) in [6.07, 6.45) is 7.44. The second-order valence-corrected chi connectivity index (χ2v) is 10.6. The molecule has 3 atom stereocenters. The molecule has 0 bridgehead atoms. The van der Waals surface area contributed by atoms with Gasteiger partial charge in [-0.25, -0.2) is 0 Å². The smallest absolute Gasteiger partial charge is 0.255 e. The van der Waals surface area contributed by atoms with Crippen molar-refractivity contribution in [1.29, 1.82) is 0 Å². The maximum absolute atomic E-state index is 13.0. The topological polar surface area (TPSA) is 71.1 Å². The van der Waals surface area contributed by atoms with Gasteiger partial charge in [0.15, 0.2) is 0 Å². The Morgan fingerprint density at radius 2 is 1.94 bits per heavy atom. The lowest BCUT2D eigenvalue weighted by atomic mass is 9.76. The molecule has 1 aromatic carbocycles. The SMILES string of the molecule is C=C1CCC(N2Cc3cc(O[C@@H]4CCC[C@@H]4N4CCC5(CC4)COC5)ccc3C2=O)C(=O)N1. The molecule has 1 spiro atoms. The van der Waals surface area contributed by atoms with Gasteiger partial charge < -0.3 is 19.7 Å². The zero-order valence-corrected chi connectivity index (χ0v) is 19.2. The van der Waals surface area contributed by atoms with Crippen LogP contribution in [0.15, 0.2) is 30.5 Å². The van der Waals surface area contributed by atoms with Gasteiger partial charge in [-0.15, -0.1) is 0 Å². The molecule has 1 aliphatic carbocycles. The molecule has 176 valence electrons. The van der Waals surface area contributed by atoms with Crippen molar-refractivity contribution in [1.82, 2.24) is 15.1 Å². The summed E-state index contributed by atoms with van der Waals surface area (Å²) in [7, 11) is 0. The zero-order valence-electron chi connectivity index (χ0n) is 19.2. The minimum atomic E-state index is -0.428. The summed E-state index contributed by atoms with van der Waals surface area (Å²) in [5, 5.41) is 2.80. The summed E-state index contributed by atoms with van der Waals surface area (Å²) >= 11 is 0. The summed E-state index contributed by atoms with van der Waals surface area (Å²) in [5.74, 6) is 0.641. The Morgan fingerprint density at radius 1 is 1.12 bits per heavy atom. The van der Waals surface area contributed by atoms with Gasteiger partial charge in [0, 0.05) is 29.3 Å². The molecular weight excluding hydrogens is 418 g/mol. The van der Waals surface area contributed by atoms with Gasteiger partial charge >= 0.3 is 0 Å². The third-order valence-electron chi connectivity index (χ3n) is 8.46. The quantitative estimate of drug-likeness (QED) is 0.762. The van der Waals surface area contributed by atoms with Crippen molar-refractivity contribution in [3.05, 3.63) is 41.6 Å². The predicted molar refractivity (Wildman–Crippen MR) is 123 cm³/mol. The van der Waals surface area contributed by atoms with Gasteiger partial charge in [-0.3, -0.25) is 14.5 Å². The van der Waals surface area contributed by atoms with Crippen LogP contribution >= 0.6 is 0 Å². The Labute approximate surface area is 195 Å². The van der Waals surface area contributed by atoms with E-state index in [9.17, 15) is 9.59 Å². The first-order valence-electron chi connectivity index (χ1n) is 12.4. The molecule has 33 heavy (non-hydrogen) atoms. The van der Waals surface area contributed by atoms with Crippen molar-refractivity contribution in [2.24, 2.45) is 5.41 Å². The minimum absolute atomic E-state index is 0.0647. The molecule has 3 saturated heterocycles. The van der Waals surface area contributed by atoms with Crippen LogP contribution in [0.5, 0.6) is 5.75 Å². The minimum Gasteiger partial charge on any atom is -0.489 e. The number of hydrogen-bond donors (Lipinski definition) is 1. The first kappa shape index (κ1) is 21.2. The molecule has 1 saturated carbocycles. The van der Waals surface area contributed by atoms with Crippen LogP contribution in [0.2, 0.25) is 0 Å². The third kappa shape index (κ3) is 3.75. The van der Waals surface area contributed by atoms with Gasteiger partial charge in [0.2, 0.25) is 5.91 Å². The van der Waals surface area contributed by atoms with Crippen LogP contribution in [-0.4, -0.2) is 66.1 Å². The maximum atomic E-state index is 13.0. The number of carbonyl (C=O) groups is 2. The predicted octanol–water partition coefficient (Wildman–Crippen LogP) is 2.85. The lowest BCUT2D eigenvalue weighted by Gasteiger charge is -2.49. The zero-order chi connectivity index (χ0) is 22.6. The maximum Gasteiger partial charge on any atom is 0.255 e. The molecule has 7 heteroatoms. The second kappa shape index (κ2) is 8.13. The van der Waals surface area contributed by atoms with Crippen LogP contribution < -0.4 is 10.1 Å². The molecule has 7 nitrogen and oxygen atoms in total. The van der Waals surface area contributed by atoms with Crippen LogP contribution in [0, 0.1) is 5.41 Å². The summed E-state index contributed by atoms with van der Waals surface area (Å²) in [4.78, 5) is 29.8. The highest BCUT2D eigenvalue weighted by Crippen LogP contribution is 2.41. The Hall–Kier alpha value is -2.38. The lowest BCUT2D eigenvalue weighted by molar-refractivity contribution is -0.144. The number of likely N-dealkylation sites (tertiary alicyclic amines) is 1. The fraction of sp³-hybridized carbons (Fsp3) is 0.615. The average Bonchev–Trinajstić information content (AvgIpc) is 3.37. The molecule has 5 aliphatic rings. The third-order valence-corrected chi connectivity index (χ3v) is 8.46. The van der Waals surface area contributed by atoms with E-state index in [4.69, 9.17) is 9.47 Å². The van der Waals surface area contributed by atoms with Crippen molar-refractivity contribution in [2.45, 2.75) is 69.7 Å². The molecule has 1 N–H and O–H groups in total. The van der Waals surface area contributed by atoms with Crippen molar-refractivity contribution < 1.29 is 19.1 Å². The van der Waals surface area contributed by atoms with Gasteiger partial charge in [-0.1, -0.05) is 6.58 Å². The highest BCUT2D eigenvalue weighted by molar-refractivity contribution is 6.01. The molecule has 0 aromatic heterocycles. The first-order valence-corrected chi connectivity index (χ1v) is 12.4. The molecule has 6 rings (SSSR count). The van der Waals surface area contributed by atoms with Crippen molar-refractivity contribution >= 4 is 11.8 Å². The molecule has 2 amide bonds. The number of fused-ring (bicyclic) bond motifs is 1. The van der Waals surface area contributed by atoms with Crippen molar-refractivity contribution in [3.8, 4) is 5.75 Å². The number of ether oxygens (including phenoxy) is 2. The number of hydrogen-bond acceptors (Lipinski definition) is 5. The summed E-state index contributed by atoms with van der Waals surface area (Å²) in [6, 6.07) is 5.85.